The van der Waals surface area contributed by atoms with Gasteiger partial charge < -0.3 is 14.6 Å². The van der Waals surface area contributed by atoms with Crippen LogP contribution in [0.2, 0.25) is 0 Å². The van der Waals surface area contributed by atoms with Gasteiger partial charge in [0.2, 0.25) is 11.8 Å². The van der Waals surface area contributed by atoms with E-state index in [4.69, 9.17) is 4.74 Å². The fourth-order valence-electron chi connectivity index (χ4n) is 3.51. The number of aromatic nitrogens is 3. The van der Waals surface area contributed by atoms with E-state index in [1.54, 1.807) is 19.5 Å². The Labute approximate surface area is 156 Å². The summed E-state index contributed by atoms with van der Waals surface area (Å²) >= 11 is 0. The summed E-state index contributed by atoms with van der Waals surface area (Å²) in [5.74, 6) is 0.130. The van der Waals surface area contributed by atoms with E-state index in [1.165, 1.54) is 0 Å². The number of nitrogens with one attached hydrogen (secondary N) is 1. The summed E-state index contributed by atoms with van der Waals surface area (Å²) in [4.78, 5) is 20.7. The molecule has 1 aliphatic rings. The van der Waals surface area contributed by atoms with Gasteiger partial charge >= 0.3 is 0 Å². The quantitative estimate of drug-likeness (QED) is 0.765. The Kier molecular flexibility index (Phi) is 4.09. The summed E-state index contributed by atoms with van der Waals surface area (Å²) in [6.07, 6.45) is 2.76. The van der Waals surface area contributed by atoms with Crippen molar-refractivity contribution >= 4 is 22.6 Å². The molecule has 140 valence electrons. The first-order valence-corrected chi connectivity index (χ1v) is 8.81. The number of carbonyl (C=O) groups excluding carboxylic acids is 1. The number of halogens is 1. The Balaban J connectivity index is 1.79. The summed E-state index contributed by atoms with van der Waals surface area (Å²) in [5.41, 5.74) is 4.88. The van der Waals surface area contributed by atoms with E-state index in [0.717, 1.165) is 33.3 Å². The van der Waals surface area contributed by atoms with Gasteiger partial charge in [-0.2, -0.15) is 0 Å². The van der Waals surface area contributed by atoms with Crippen molar-refractivity contribution in [1.82, 2.24) is 14.5 Å². The molecule has 1 amide bonds. The van der Waals surface area contributed by atoms with Crippen molar-refractivity contribution in [3.05, 3.63) is 35.7 Å². The van der Waals surface area contributed by atoms with Crippen molar-refractivity contribution in [3.8, 4) is 17.1 Å². The summed E-state index contributed by atoms with van der Waals surface area (Å²) < 4.78 is 20.6. The van der Waals surface area contributed by atoms with Crippen LogP contribution in [0.5, 0.6) is 5.88 Å². The van der Waals surface area contributed by atoms with Crippen LogP contribution in [0.25, 0.3) is 22.2 Å². The molecule has 0 aromatic carbocycles. The molecule has 7 heteroatoms. The van der Waals surface area contributed by atoms with Crippen LogP contribution in [0.3, 0.4) is 0 Å². The maximum Gasteiger partial charge on any atom is 0.231 e. The third kappa shape index (κ3) is 2.93. The number of amides is 1. The van der Waals surface area contributed by atoms with Crippen LogP contribution in [0.4, 0.5) is 10.2 Å². The van der Waals surface area contributed by atoms with Crippen molar-refractivity contribution in [2.24, 2.45) is 13.0 Å². The third-order valence-corrected chi connectivity index (χ3v) is 5.08. The Morgan fingerprint density at radius 2 is 2.04 bits per heavy atom. The second-order valence-electron chi connectivity index (χ2n) is 7.04. The van der Waals surface area contributed by atoms with Crippen LogP contribution in [-0.4, -0.2) is 33.7 Å². The van der Waals surface area contributed by atoms with Crippen molar-refractivity contribution in [3.63, 3.8) is 0 Å². The summed E-state index contributed by atoms with van der Waals surface area (Å²) in [6, 6.07) is 3.87. The van der Waals surface area contributed by atoms with Crippen LogP contribution in [-0.2, 0) is 11.8 Å². The Morgan fingerprint density at radius 1 is 1.30 bits per heavy atom. The van der Waals surface area contributed by atoms with Crippen LogP contribution < -0.4 is 10.1 Å². The molecule has 27 heavy (non-hydrogen) atoms. The summed E-state index contributed by atoms with van der Waals surface area (Å²) in [6.45, 7) is 4.00. The number of alkyl halides is 1. The number of hydrogen-bond donors (Lipinski definition) is 1. The molecule has 3 aromatic rings. The van der Waals surface area contributed by atoms with Gasteiger partial charge in [-0.25, -0.2) is 14.4 Å². The van der Waals surface area contributed by atoms with Gasteiger partial charge in [-0.15, -0.1) is 0 Å². The minimum Gasteiger partial charge on any atom is -0.481 e. The molecule has 4 rings (SSSR count). The number of fused-ring (bicyclic) bond motifs is 1. The van der Waals surface area contributed by atoms with E-state index in [9.17, 15) is 9.18 Å². The molecule has 0 bridgehead atoms. The van der Waals surface area contributed by atoms with Gasteiger partial charge in [-0.05, 0) is 43.5 Å². The molecular formula is C20H21FN4O2. The maximum absolute atomic E-state index is 13.1. The van der Waals surface area contributed by atoms with E-state index >= 15 is 0 Å². The summed E-state index contributed by atoms with van der Waals surface area (Å²) in [7, 11) is 3.56. The first-order chi connectivity index (χ1) is 12.9. The highest BCUT2D eigenvalue weighted by Gasteiger charge is 2.43. The van der Waals surface area contributed by atoms with Gasteiger partial charge in [0.25, 0.3) is 0 Å². The molecule has 3 aromatic heterocycles. The van der Waals surface area contributed by atoms with E-state index in [0.29, 0.717) is 18.1 Å². The normalized spacial score (nSPS) is 18.6. The Bertz CT molecular complexity index is 1060. The molecule has 3 heterocycles. The van der Waals surface area contributed by atoms with Crippen LogP contribution in [0.1, 0.15) is 17.5 Å². The van der Waals surface area contributed by atoms with Crippen LogP contribution in [0.15, 0.2) is 24.5 Å². The molecule has 1 N–H and O–H groups in total. The largest absolute Gasteiger partial charge is 0.481 e. The number of anilines is 1. The first kappa shape index (κ1) is 17.5. The lowest BCUT2D eigenvalue weighted by atomic mass is 10.1. The SMILES string of the molecule is COc1ncc(C)cc1-c1c(C)c2cc(NC(=O)C3CC3F)ncc2n1C. The van der Waals surface area contributed by atoms with Gasteiger partial charge in [0.1, 0.15) is 12.0 Å². The predicted octanol–water partition coefficient (Wildman–Crippen LogP) is 3.56. The lowest BCUT2D eigenvalue weighted by Crippen LogP contribution is -2.15. The number of rotatable bonds is 4. The molecule has 1 saturated carbocycles. The van der Waals surface area contributed by atoms with E-state index in [-0.39, 0.29) is 5.91 Å². The second kappa shape index (κ2) is 6.33. The van der Waals surface area contributed by atoms with Crippen LogP contribution in [0, 0.1) is 19.8 Å². The van der Waals surface area contributed by atoms with Gasteiger partial charge in [0, 0.05) is 18.6 Å². The molecule has 0 aliphatic heterocycles. The van der Waals surface area contributed by atoms with E-state index < -0.39 is 12.1 Å². The molecular weight excluding hydrogens is 347 g/mol. The Morgan fingerprint density at radius 3 is 2.70 bits per heavy atom. The standard InChI is InChI=1S/C20H21FN4O2/c1-10-5-14(20(27-4)23-8-10)18-11(2)12-7-17(22-9-16(12)25(18)3)24-19(26)13-6-15(13)21/h5,7-9,13,15H,6H2,1-4H3,(H,22,24,26). The zero-order chi connectivity index (χ0) is 19.3. The number of aryl methyl sites for hydroxylation is 3. The Hall–Kier alpha value is -2.96. The van der Waals surface area contributed by atoms with Crippen LogP contribution >= 0.6 is 0 Å². The van der Waals surface area contributed by atoms with Crippen molar-refractivity contribution < 1.29 is 13.9 Å². The maximum atomic E-state index is 13.1. The molecule has 1 aliphatic carbocycles. The predicted molar refractivity (Wildman–Crippen MR) is 102 cm³/mol. The van der Waals surface area contributed by atoms with Crippen molar-refractivity contribution in [2.75, 3.05) is 12.4 Å². The van der Waals surface area contributed by atoms with Gasteiger partial charge in [-0.1, -0.05) is 0 Å². The molecule has 1 fully saturated rings. The lowest BCUT2D eigenvalue weighted by Gasteiger charge is -2.11. The van der Waals surface area contributed by atoms with Gasteiger partial charge in [0.05, 0.1) is 36.0 Å². The molecule has 2 atom stereocenters. The third-order valence-electron chi connectivity index (χ3n) is 5.08. The minimum atomic E-state index is -1.03. The molecule has 0 saturated heterocycles. The van der Waals surface area contributed by atoms with Gasteiger partial charge in [-0.3, -0.25) is 4.79 Å². The number of hydrogen-bond acceptors (Lipinski definition) is 4. The highest BCUT2D eigenvalue weighted by molar-refractivity contribution is 5.98. The minimum absolute atomic E-state index is 0.294. The number of pyridine rings is 2. The summed E-state index contributed by atoms with van der Waals surface area (Å²) in [5, 5.41) is 3.68. The highest BCUT2D eigenvalue weighted by Crippen LogP contribution is 2.38. The average Bonchev–Trinajstić information content (AvgIpc) is 3.33. The van der Waals surface area contributed by atoms with Crippen molar-refractivity contribution in [1.29, 1.82) is 0 Å². The number of ether oxygens (including phenoxy) is 1. The fourth-order valence-corrected chi connectivity index (χ4v) is 3.51. The second-order valence-corrected chi connectivity index (χ2v) is 7.04. The average molecular weight is 368 g/mol. The monoisotopic (exact) mass is 368 g/mol. The molecule has 2 unspecified atom stereocenters. The van der Waals surface area contributed by atoms with E-state index in [1.807, 2.05) is 37.6 Å². The number of methoxy groups -OCH3 is 1. The topological polar surface area (TPSA) is 69.0 Å². The number of carbonyl (C=O) groups is 1. The lowest BCUT2D eigenvalue weighted by molar-refractivity contribution is -0.117. The van der Waals surface area contributed by atoms with E-state index in [2.05, 4.69) is 15.3 Å². The smallest absolute Gasteiger partial charge is 0.231 e. The molecule has 0 spiro atoms. The fraction of sp³-hybridized carbons (Fsp3) is 0.350. The first-order valence-electron chi connectivity index (χ1n) is 8.81. The zero-order valence-electron chi connectivity index (χ0n) is 15.7. The van der Waals surface area contributed by atoms with Crippen molar-refractivity contribution in [2.45, 2.75) is 26.4 Å². The molecule has 6 nitrogen and oxygen atoms in total. The number of nitrogens with zero attached hydrogens (tertiary/aromatic N) is 3. The zero-order valence-corrected chi connectivity index (χ0v) is 15.7. The molecule has 0 radical (unpaired) electrons. The van der Waals surface area contributed by atoms with Gasteiger partial charge in [0.15, 0.2) is 0 Å². The highest BCUT2D eigenvalue weighted by atomic mass is 19.1.